The second-order valence-corrected chi connectivity index (χ2v) is 4.11. The van der Waals surface area contributed by atoms with E-state index in [0.29, 0.717) is 5.76 Å². The minimum atomic E-state index is -0.862. The summed E-state index contributed by atoms with van der Waals surface area (Å²) in [7, 11) is 0. The lowest BCUT2D eigenvalue weighted by atomic mass is 9.98. The molecule has 0 aromatic carbocycles. The molecule has 7 heteroatoms. The Balaban J connectivity index is 0.000000631. The molecule has 0 unspecified atom stereocenters. The van der Waals surface area contributed by atoms with Gasteiger partial charge < -0.3 is 19.9 Å². The minimum absolute atomic E-state index is 0.244. The molecule has 0 radical (unpaired) electrons. The molecular weight excluding hydrogens is 240 g/mol. The van der Waals surface area contributed by atoms with Crippen molar-refractivity contribution >= 4 is 11.7 Å². The lowest BCUT2D eigenvalue weighted by molar-refractivity contribution is -0.134. The van der Waals surface area contributed by atoms with Crippen molar-refractivity contribution in [1.29, 1.82) is 0 Å². The van der Waals surface area contributed by atoms with Crippen LogP contribution < -0.4 is 5.48 Å². The van der Waals surface area contributed by atoms with Crippen molar-refractivity contribution in [2.75, 3.05) is 0 Å². The Hall–Kier alpha value is -1.86. The van der Waals surface area contributed by atoms with E-state index in [1.54, 1.807) is 32.9 Å². The number of hydroxylamine groups is 1. The Morgan fingerprint density at radius 1 is 1.44 bits per heavy atom. The maximum absolute atomic E-state index is 9.00. The number of hydrogen-bond acceptors (Lipinski definition) is 6. The van der Waals surface area contributed by atoms with Gasteiger partial charge in [-0.05, 0) is 32.9 Å². The highest BCUT2D eigenvalue weighted by Crippen LogP contribution is 2.16. The summed E-state index contributed by atoms with van der Waals surface area (Å²) in [6.45, 7) is 6.21. The number of oxime groups is 1. The second kappa shape index (κ2) is 6.77. The van der Waals surface area contributed by atoms with Crippen molar-refractivity contribution in [2.45, 2.75) is 33.2 Å². The number of nitrogens with one attached hydrogen (secondary N) is 1. The lowest BCUT2D eigenvalue weighted by Gasteiger charge is -2.21. The molecule has 102 valence electrons. The zero-order valence-electron chi connectivity index (χ0n) is 10.8. The Labute approximate surface area is 105 Å². The highest BCUT2D eigenvalue weighted by molar-refractivity contribution is 6.04. The van der Waals surface area contributed by atoms with E-state index in [-0.39, 0.29) is 5.71 Å². The van der Waals surface area contributed by atoms with E-state index in [9.17, 15) is 0 Å². The van der Waals surface area contributed by atoms with E-state index < -0.39 is 11.5 Å². The molecule has 18 heavy (non-hydrogen) atoms. The van der Waals surface area contributed by atoms with Gasteiger partial charge in [0.25, 0.3) is 5.97 Å². The quantitative estimate of drug-likeness (QED) is 0.372. The van der Waals surface area contributed by atoms with Crippen LogP contribution in [0.25, 0.3) is 0 Å². The van der Waals surface area contributed by atoms with Crippen LogP contribution in [-0.4, -0.2) is 32.7 Å². The van der Waals surface area contributed by atoms with Gasteiger partial charge in [-0.2, -0.15) is 5.48 Å². The fourth-order valence-corrected chi connectivity index (χ4v) is 1.10. The molecular formula is C11H18N2O5. The molecule has 1 aromatic rings. The number of carboxylic acids is 1. The van der Waals surface area contributed by atoms with Crippen LogP contribution >= 0.6 is 0 Å². The third-order valence-corrected chi connectivity index (χ3v) is 1.95. The molecule has 4 N–H and O–H groups in total. The largest absolute Gasteiger partial charge is 0.481 e. The predicted molar refractivity (Wildman–Crippen MR) is 64.1 cm³/mol. The maximum Gasteiger partial charge on any atom is 0.300 e. The molecule has 0 fully saturated rings. The highest BCUT2D eigenvalue weighted by Gasteiger charge is 2.28. The number of hydrogen-bond donors (Lipinski definition) is 4. The summed E-state index contributed by atoms with van der Waals surface area (Å²) in [5.74, 6) is 0.312. The molecule has 1 rings (SSSR count). The van der Waals surface area contributed by atoms with Gasteiger partial charge >= 0.3 is 0 Å². The van der Waals surface area contributed by atoms with Crippen LogP contribution in [0, 0.1) is 6.92 Å². The van der Waals surface area contributed by atoms with E-state index in [1.807, 2.05) is 5.48 Å². The van der Waals surface area contributed by atoms with Crippen LogP contribution in [0.15, 0.2) is 21.7 Å². The van der Waals surface area contributed by atoms with Crippen molar-refractivity contribution in [1.82, 2.24) is 5.48 Å². The Morgan fingerprint density at radius 2 is 1.94 bits per heavy atom. The predicted octanol–water partition coefficient (Wildman–Crippen LogP) is 1.61. The first-order valence-corrected chi connectivity index (χ1v) is 5.14. The number of aryl methyl sites for hydroxylation is 1. The molecule has 0 bridgehead atoms. The Morgan fingerprint density at radius 3 is 2.22 bits per heavy atom. The van der Waals surface area contributed by atoms with Crippen LogP contribution in [0.2, 0.25) is 0 Å². The van der Waals surface area contributed by atoms with Crippen molar-refractivity contribution < 1.29 is 24.7 Å². The molecule has 0 aliphatic heterocycles. The number of rotatable bonds is 3. The first-order valence-electron chi connectivity index (χ1n) is 5.14. The van der Waals surface area contributed by atoms with E-state index in [2.05, 4.69) is 5.16 Å². The van der Waals surface area contributed by atoms with Crippen molar-refractivity contribution in [3.63, 3.8) is 0 Å². The van der Waals surface area contributed by atoms with Crippen LogP contribution in [0.3, 0.4) is 0 Å². The third kappa shape index (κ3) is 4.98. The van der Waals surface area contributed by atoms with Crippen molar-refractivity contribution in [2.24, 2.45) is 5.16 Å². The van der Waals surface area contributed by atoms with Crippen LogP contribution in [-0.2, 0) is 4.79 Å². The maximum atomic E-state index is 9.00. The van der Waals surface area contributed by atoms with Crippen LogP contribution in [0.1, 0.15) is 32.3 Å². The first-order chi connectivity index (χ1) is 8.24. The summed E-state index contributed by atoms with van der Waals surface area (Å²) in [5, 5.41) is 28.2. The zero-order valence-corrected chi connectivity index (χ0v) is 10.8. The average molecular weight is 258 g/mol. The van der Waals surface area contributed by atoms with Crippen LogP contribution in [0.5, 0.6) is 0 Å². The van der Waals surface area contributed by atoms with Gasteiger partial charge in [-0.3, -0.25) is 4.79 Å². The van der Waals surface area contributed by atoms with Gasteiger partial charge in [0.2, 0.25) is 0 Å². The number of carboxylic acid groups (broad SMARTS) is 1. The number of aliphatic carboxylic acids is 1. The van der Waals surface area contributed by atoms with Gasteiger partial charge in [-0.15, -0.1) is 0 Å². The van der Waals surface area contributed by atoms with Gasteiger partial charge in [-0.25, -0.2) is 0 Å². The molecule has 0 saturated heterocycles. The normalized spacial score (nSPS) is 11.7. The lowest BCUT2D eigenvalue weighted by Crippen LogP contribution is -2.45. The van der Waals surface area contributed by atoms with Gasteiger partial charge in [0, 0.05) is 6.92 Å². The second-order valence-electron chi connectivity index (χ2n) is 4.11. The molecule has 0 spiro atoms. The highest BCUT2D eigenvalue weighted by atomic mass is 16.5. The molecule has 1 heterocycles. The fraction of sp³-hybridized carbons (Fsp3) is 0.455. The third-order valence-electron chi connectivity index (χ3n) is 1.95. The van der Waals surface area contributed by atoms with Crippen LogP contribution in [0.4, 0.5) is 0 Å². The van der Waals surface area contributed by atoms with Gasteiger partial charge in [-0.1, -0.05) is 5.16 Å². The molecule has 7 nitrogen and oxygen atoms in total. The first kappa shape index (κ1) is 16.1. The van der Waals surface area contributed by atoms with Gasteiger partial charge in [0.1, 0.15) is 11.5 Å². The smallest absolute Gasteiger partial charge is 0.300 e. The standard InChI is InChI=1S/C9H14N2O3.C2H4O2/c1-6-4-5-7(14-6)8(10-12)9(2,3)11-13;1-2(3)4/h4-5,11-13H,1-3H3;1H3,(H,3,4). The SMILES string of the molecule is CC(=O)O.Cc1ccc(C(=NO)C(C)(C)NO)o1. The molecule has 0 saturated carbocycles. The number of nitrogens with zero attached hydrogens (tertiary/aromatic N) is 1. The Bertz CT molecular complexity index is 419. The summed E-state index contributed by atoms with van der Waals surface area (Å²) in [4.78, 5) is 9.00. The molecule has 0 amide bonds. The topological polar surface area (TPSA) is 115 Å². The monoisotopic (exact) mass is 258 g/mol. The van der Waals surface area contributed by atoms with E-state index >= 15 is 0 Å². The van der Waals surface area contributed by atoms with E-state index in [1.165, 1.54) is 0 Å². The minimum Gasteiger partial charge on any atom is -0.481 e. The molecule has 0 atom stereocenters. The fourth-order valence-electron chi connectivity index (χ4n) is 1.10. The summed E-state index contributed by atoms with van der Waals surface area (Å²) in [6.07, 6.45) is 0. The summed E-state index contributed by atoms with van der Waals surface area (Å²) >= 11 is 0. The molecule has 0 aliphatic rings. The van der Waals surface area contributed by atoms with Gasteiger partial charge in [0.05, 0.1) is 5.54 Å². The van der Waals surface area contributed by atoms with E-state index in [4.69, 9.17) is 24.7 Å². The number of furan rings is 1. The van der Waals surface area contributed by atoms with Gasteiger partial charge in [0.15, 0.2) is 5.76 Å². The van der Waals surface area contributed by atoms with Crippen molar-refractivity contribution in [3.8, 4) is 0 Å². The van der Waals surface area contributed by atoms with E-state index in [0.717, 1.165) is 12.7 Å². The average Bonchev–Trinajstić information content (AvgIpc) is 2.64. The summed E-state index contributed by atoms with van der Waals surface area (Å²) < 4.78 is 5.28. The summed E-state index contributed by atoms with van der Waals surface area (Å²) in [6, 6.07) is 3.44. The molecule has 0 aliphatic carbocycles. The zero-order chi connectivity index (χ0) is 14.3. The number of carbonyl (C=O) groups is 1. The summed E-state index contributed by atoms with van der Waals surface area (Å²) in [5.41, 5.74) is 1.43. The molecule has 1 aromatic heterocycles. The van der Waals surface area contributed by atoms with Crippen molar-refractivity contribution in [3.05, 3.63) is 23.7 Å². The Kier molecular flexibility index (Phi) is 6.07.